The van der Waals surface area contributed by atoms with Gasteiger partial charge in [0.15, 0.2) is 5.78 Å². The molecule has 0 aliphatic carbocycles. The van der Waals surface area contributed by atoms with Crippen LogP contribution >= 0.6 is 0 Å². The van der Waals surface area contributed by atoms with Crippen LogP contribution in [0.2, 0.25) is 0 Å². The van der Waals surface area contributed by atoms with Gasteiger partial charge in [-0.2, -0.15) is 0 Å². The molecule has 1 amide bonds. The summed E-state index contributed by atoms with van der Waals surface area (Å²) >= 11 is 0. The van der Waals surface area contributed by atoms with E-state index >= 15 is 0 Å². The molecule has 8 heteroatoms. The van der Waals surface area contributed by atoms with Crippen molar-refractivity contribution >= 4 is 11.7 Å². The minimum atomic E-state index is -0.236. The Morgan fingerprint density at radius 3 is 2.41 bits per heavy atom. The lowest BCUT2D eigenvalue weighted by atomic mass is 10.0. The van der Waals surface area contributed by atoms with Crippen LogP contribution < -0.4 is 19.5 Å². The number of fused-ring (bicyclic) bond motifs is 1. The van der Waals surface area contributed by atoms with E-state index in [-0.39, 0.29) is 17.8 Å². The van der Waals surface area contributed by atoms with Crippen molar-refractivity contribution in [1.82, 2.24) is 15.3 Å². The minimum Gasteiger partial charge on any atom is -0.497 e. The van der Waals surface area contributed by atoms with E-state index in [0.717, 1.165) is 22.4 Å². The molecule has 8 nitrogen and oxygen atoms in total. The van der Waals surface area contributed by atoms with Crippen molar-refractivity contribution in [2.75, 3.05) is 20.8 Å². The van der Waals surface area contributed by atoms with Crippen LogP contribution in [0.1, 0.15) is 31.8 Å². The van der Waals surface area contributed by atoms with E-state index in [4.69, 9.17) is 14.2 Å². The van der Waals surface area contributed by atoms with Crippen LogP contribution in [-0.4, -0.2) is 48.5 Å². The molecule has 0 saturated heterocycles. The van der Waals surface area contributed by atoms with Gasteiger partial charge in [-0.15, -0.1) is 0 Å². The maximum Gasteiger partial charge on any atom is 0.251 e. The quantitative estimate of drug-likeness (QED) is 0.367. The summed E-state index contributed by atoms with van der Waals surface area (Å²) in [6, 6.07) is 17.6. The second kappa shape index (κ2) is 10.5. The molecule has 1 aromatic heterocycles. The first kappa shape index (κ1) is 24.0. The lowest BCUT2D eigenvalue weighted by molar-refractivity contribution is 0.0932. The number of hydrogen-bond acceptors (Lipinski definition) is 7. The molecule has 0 bridgehead atoms. The summed E-state index contributed by atoms with van der Waals surface area (Å²) in [6.45, 7) is 0.360. The third kappa shape index (κ3) is 5.13. The second-order valence-corrected chi connectivity index (χ2v) is 8.58. The predicted octanol–water partition coefficient (Wildman–Crippen LogP) is 4.13. The molecule has 37 heavy (non-hydrogen) atoms. The van der Waals surface area contributed by atoms with Gasteiger partial charge >= 0.3 is 0 Å². The number of hydrogen-bond donors (Lipinski definition) is 1. The number of rotatable bonds is 8. The normalized spacial score (nSPS) is 13.8. The molecule has 186 valence electrons. The van der Waals surface area contributed by atoms with Gasteiger partial charge in [-0.1, -0.05) is 18.2 Å². The van der Waals surface area contributed by atoms with E-state index in [9.17, 15) is 9.59 Å². The second-order valence-electron chi connectivity index (χ2n) is 8.58. The average molecular weight is 496 g/mol. The predicted molar refractivity (Wildman–Crippen MR) is 137 cm³/mol. The van der Waals surface area contributed by atoms with E-state index < -0.39 is 0 Å². The number of nitrogens with one attached hydrogen (secondary N) is 1. The number of ketones is 1. The Bertz CT molecular complexity index is 1440. The van der Waals surface area contributed by atoms with Crippen LogP contribution in [0.15, 0.2) is 79.4 Å². The molecule has 0 spiro atoms. The van der Waals surface area contributed by atoms with E-state index in [0.29, 0.717) is 41.2 Å². The zero-order chi connectivity index (χ0) is 25.8. The molecule has 5 rings (SSSR count). The Morgan fingerprint density at radius 1 is 0.919 bits per heavy atom. The molecule has 0 radical (unpaired) electrons. The number of methoxy groups -OCH3 is 2. The zero-order valence-electron chi connectivity index (χ0n) is 20.4. The zero-order valence-corrected chi connectivity index (χ0v) is 20.4. The Morgan fingerprint density at radius 2 is 1.68 bits per heavy atom. The molecule has 1 aliphatic rings. The Hall–Kier alpha value is -4.72. The number of nitrogens with zero attached hydrogens (tertiary/aromatic N) is 2. The third-order valence-electron chi connectivity index (χ3n) is 6.25. The van der Waals surface area contributed by atoms with E-state index in [1.807, 2.05) is 12.1 Å². The molecule has 1 unspecified atom stereocenters. The molecule has 0 saturated carbocycles. The van der Waals surface area contributed by atoms with Gasteiger partial charge in [0.25, 0.3) is 5.91 Å². The highest BCUT2D eigenvalue weighted by Crippen LogP contribution is 2.32. The molecule has 4 aromatic rings. The van der Waals surface area contributed by atoms with Gasteiger partial charge < -0.3 is 19.5 Å². The highest BCUT2D eigenvalue weighted by molar-refractivity contribution is 6.11. The molecule has 1 atom stereocenters. The van der Waals surface area contributed by atoms with Crippen molar-refractivity contribution in [3.63, 3.8) is 0 Å². The third-order valence-corrected chi connectivity index (χ3v) is 6.25. The van der Waals surface area contributed by atoms with Crippen molar-refractivity contribution in [2.45, 2.75) is 12.5 Å². The van der Waals surface area contributed by atoms with Crippen LogP contribution in [0.25, 0.3) is 11.1 Å². The lowest BCUT2D eigenvalue weighted by Crippen LogP contribution is -2.34. The largest absolute Gasteiger partial charge is 0.497 e. The van der Waals surface area contributed by atoms with E-state index in [1.165, 1.54) is 20.5 Å². The van der Waals surface area contributed by atoms with Crippen LogP contribution in [0, 0.1) is 0 Å². The van der Waals surface area contributed by atoms with Crippen molar-refractivity contribution in [2.24, 2.45) is 0 Å². The standard InChI is InChI=1S/C29H25N3O5/c1-35-23-8-10-27(36-2)25(13-23)28(33)18-3-5-19(6-4-18)29(34)32-16-24-12-21-11-20(7-9-26(21)37-24)22-14-30-17-31-15-22/h3-11,13-15,17,24H,12,16H2,1-2H3,(H,32,34). The first-order chi connectivity index (χ1) is 18.1. The number of ether oxygens (including phenoxy) is 3. The summed E-state index contributed by atoms with van der Waals surface area (Å²) in [5.41, 5.74) is 4.33. The fourth-order valence-electron chi connectivity index (χ4n) is 4.29. The summed E-state index contributed by atoms with van der Waals surface area (Å²) in [5, 5.41) is 2.93. The number of amides is 1. The van der Waals surface area contributed by atoms with Crippen LogP contribution in [-0.2, 0) is 6.42 Å². The Labute approximate surface area is 214 Å². The summed E-state index contributed by atoms with van der Waals surface area (Å²) in [7, 11) is 3.05. The van der Waals surface area contributed by atoms with Gasteiger partial charge in [0, 0.05) is 35.5 Å². The first-order valence-electron chi connectivity index (χ1n) is 11.8. The van der Waals surface area contributed by atoms with Gasteiger partial charge in [0.2, 0.25) is 0 Å². The molecular formula is C29H25N3O5. The summed E-state index contributed by atoms with van der Waals surface area (Å²) in [6.07, 6.45) is 5.57. The Kier molecular flexibility index (Phi) is 6.81. The van der Waals surface area contributed by atoms with Gasteiger partial charge in [-0.25, -0.2) is 9.97 Å². The molecule has 1 N–H and O–H groups in total. The lowest BCUT2D eigenvalue weighted by Gasteiger charge is -2.12. The van der Waals surface area contributed by atoms with Crippen molar-refractivity contribution in [1.29, 1.82) is 0 Å². The Balaban J connectivity index is 1.20. The number of benzene rings is 3. The first-order valence-corrected chi connectivity index (χ1v) is 11.8. The molecule has 0 fully saturated rings. The van der Waals surface area contributed by atoms with Crippen molar-refractivity contribution in [3.8, 4) is 28.4 Å². The smallest absolute Gasteiger partial charge is 0.251 e. The summed E-state index contributed by atoms with van der Waals surface area (Å²) in [5.74, 6) is 1.37. The number of carbonyl (C=O) groups excluding carboxylic acids is 2. The number of aromatic nitrogens is 2. The van der Waals surface area contributed by atoms with Gasteiger partial charge in [0.05, 0.1) is 26.3 Å². The fraction of sp³-hybridized carbons (Fsp3) is 0.172. The fourth-order valence-corrected chi connectivity index (χ4v) is 4.29. The van der Waals surface area contributed by atoms with Crippen LogP contribution in [0.5, 0.6) is 17.2 Å². The maximum atomic E-state index is 13.0. The maximum absolute atomic E-state index is 13.0. The molecule has 2 heterocycles. The van der Waals surface area contributed by atoms with Crippen LogP contribution in [0.4, 0.5) is 0 Å². The van der Waals surface area contributed by atoms with Gasteiger partial charge in [-0.3, -0.25) is 9.59 Å². The van der Waals surface area contributed by atoms with Crippen molar-refractivity contribution in [3.05, 3.63) is 102 Å². The minimum absolute atomic E-state index is 0.164. The highest BCUT2D eigenvalue weighted by Gasteiger charge is 2.24. The van der Waals surface area contributed by atoms with Gasteiger partial charge in [0.1, 0.15) is 29.7 Å². The summed E-state index contributed by atoms with van der Waals surface area (Å²) < 4.78 is 16.6. The highest BCUT2D eigenvalue weighted by atomic mass is 16.5. The SMILES string of the molecule is COc1ccc(OC)c(C(=O)c2ccc(C(=O)NCC3Cc4cc(-c5cncnc5)ccc4O3)cc2)c1. The topological polar surface area (TPSA) is 99.6 Å². The van der Waals surface area contributed by atoms with Crippen molar-refractivity contribution < 1.29 is 23.8 Å². The van der Waals surface area contributed by atoms with E-state index in [1.54, 1.807) is 54.9 Å². The monoisotopic (exact) mass is 495 g/mol. The van der Waals surface area contributed by atoms with E-state index in [2.05, 4.69) is 21.4 Å². The number of carbonyl (C=O) groups is 2. The summed E-state index contributed by atoms with van der Waals surface area (Å²) in [4.78, 5) is 33.9. The molecule has 3 aromatic carbocycles. The van der Waals surface area contributed by atoms with Crippen LogP contribution in [0.3, 0.4) is 0 Å². The molecular weight excluding hydrogens is 470 g/mol. The average Bonchev–Trinajstić information content (AvgIpc) is 3.38. The molecule has 1 aliphatic heterocycles. The van der Waals surface area contributed by atoms with Gasteiger partial charge in [-0.05, 0) is 53.6 Å².